The van der Waals surface area contributed by atoms with Gasteiger partial charge in [0.05, 0.1) is 0 Å². The standard InChI is InChI=1S/C9H6NO.Fe/c11-8-5-1-3-7-4-2-6-10-9(7)8;/h1-2,4-6,11H;. The second kappa shape index (κ2) is 2.77. The van der Waals surface area contributed by atoms with Crippen LogP contribution in [0.25, 0.3) is 10.9 Å². The van der Waals surface area contributed by atoms with Crippen molar-refractivity contribution in [2.45, 2.75) is 0 Å². The van der Waals surface area contributed by atoms with Crippen molar-refractivity contribution in [1.29, 1.82) is 0 Å². The van der Waals surface area contributed by atoms with Crippen molar-refractivity contribution in [3.63, 3.8) is 0 Å². The van der Waals surface area contributed by atoms with E-state index in [4.69, 9.17) is 0 Å². The molecule has 0 saturated heterocycles. The SMILES string of the molecule is Oc1cc[c]([Fe])c2cccnc12. The van der Waals surface area contributed by atoms with Crippen LogP contribution in [0, 0.1) is 0 Å². The molecule has 12 heavy (non-hydrogen) atoms. The van der Waals surface area contributed by atoms with Crippen molar-refractivity contribution < 1.29 is 21.1 Å². The first kappa shape index (κ1) is 7.59. The Kier molecular flexibility index (Phi) is 1.75. The third kappa shape index (κ3) is 1.07. The van der Waals surface area contributed by atoms with Crippen molar-refractivity contribution in [3.05, 3.63) is 30.5 Å². The Balaban J connectivity index is 2.95. The predicted molar refractivity (Wildman–Crippen MR) is 43.0 cm³/mol. The molecule has 2 aromatic rings. The molecule has 1 aromatic heterocycles. The number of benzene rings is 1. The van der Waals surface area contributed by atoms with E-state index in [1.165, 1.54) is 0 Å². The molecule has 0 unspecified atom stereocenters. The van der Waals surface area contributed by atoms with E-state index < -0.39 is 0 Å². The number of phenolic OH excluding ortho intramolecular Hbond substituents is 1. The van der Waals surface area contributed by atoms with Gasteiger partial charge in [0.25, 0.3) is 0 Å². The van der Waals surface area contributed by atoms with Crippen LogP contribution in [0.1, 0.15) is 0 Å². The average molecular weight is 200 g/mol. The number of nitrogens with zero attached hydrogens (tertiary/aromatic N) is 1. The molecule has 0 spiro atoms. The maximum atomic E-state index is 9.41. The first-order chi connectivity index (χ1) is 5.79. The fourth-order valence-electron chi connectivity index (χ4n) is 1.12. The van der Waals surface area contributed by atoms with E-state index in [2.05, 4.69) is 21.0 Å². The minimum absolute atomic E-state index is 0.206. The Bertz CT molecular complexity index is 387. The summed E-state index contributed by atoms with van der Waals surface area (Å²) in [5, 5.41) is 10.3. The van der Waals surface area contributed by atoms with E-state index in [-0.39, 0.29) is 5.75 Å². The summed E-state index contributed by atoms with van der Waals surface area (Å²) in [4.78, 5) is 4.05. The molecule has 0 saturated carbocycles. The van der Waals surface area contributed by atoms with E-state index in [1.54, 1.807) is 18.3 Å². The molecular formula is C9H6FeNO. The third-order valence-corrected chi connectivity index (χ3v) is 2.17. The Morgan fingerprint density at radius 3 is 2.83 bits per heavy atom. The van der Waals surface area contributed by atoms with Gasteiger partial charge in [-0.15, -0.1) is 0 Å². The summed E-state index contributed by atoms with van der Waals surface area (Å²) in [5.74, 6) is 0.206. The second-order valence-corrected chi connectivity index (χ2v) is 3.05. The van der Waals surface area contributed by atoms with E-state index in [1.807, 2.05) is 12.1 Å². The van der Waals surface area contributed by atoms with Gasteiger partial charge < -0.3 is 0 Å². The summed E-state index contributed by atoms with van der Waals surface area (Å²) in [6.45, 7) is 0. The molecule has 0 aliphatic rings. The van der Waals surface area contributed by atoms with E-state index in [9.17, 15) is 5.11 Å². The predicted octanol–water partition coefficient (Wildman–Crippen LogP) is 1.11. The van der Waals surface area contributed by atoms with Crippen molar-refractivity contribution in [2.24, 2.45) is 0 Å². The molecule has 0 fully saturated rings. The van der Waals surface area contributed by atoms with E-state index >= 15 is 0 Å². The van der Waals surface area contributed by atoms with Crippen LogP contribution in [-0.4, -0.2) is 10.1 Å². The molecule has 2 nitrogen and oxygen atoms in total. The maximum absolute atomic E-state index is 9.41. The van der Waals surface area contributed by atoms with Gasteiger partial charge >= 0.3 is 77.7 Å². The number of aromatic nitrogens is 1. The summed E-state index contributed by atoms with van der Waals surface area (Å²) in [6, 6.07) is 7.11. The molecule has 0 aliphatic carbocycles. The number of phenols is 1. The van der Waals surface area contributed by atoms with Crippen LogP contribution >= 0.6 is 0 Å². The zero-order valence-electron chi connectivity index (χ0n) is 6.13. The van der Waals surface area contributed by atoms with Gasteiger partial charge in [-0.2, -0.15) is 0 Å². The van der Waals surface area contributed by atoms with E-state index in [0.29, 0.717) is 5.52 Å². The van der Waals surface area contributed by atoms with Gasteiger partial charge in [-0.25, -0.2) is 0 Å². The molecule has 0 atom stereocenters. The van der Waals surface area contributed by atoms with E-state index in [0.717, 1.165) is 9.85 Å². The number of hydrogen-bond acceptors (Lipinski definition) is 2. The van der Waals surface area contributed by atoms with Crippen LogP contribution in [0.3, 0.4) is 0 Å². The van der Waals surface area contributed by atoms with Crippen LogP contribution in [0.5, 0.6) is 5.75 Å². The zero-order valence-corrected chi connectivity index (χ0v) is 7.24. The molecule has 1 heterocycles. The number of hydrogen-bond donors (Lipinski definition) is 1. The number of aromatic hydroxyl groups is 1. The molecule has 1 aromatic carbocycles. The fraction of sp³-hybridized carbons (Fsp3) is 0. The summed E-state index contributed by atoms with van der Waals surface area (Å²) in [6.07, 6.45) is 1.65. The van der Waals surface area contributed by atoms with Gasteiger partial charge in [-0.1, -0.05) is 0 Å². The van der Waals surface area contributed by atoms with Crippen molar-refractivity contribution in [3.8, 4) is 5.75 Å². The second-order valence-electron chi connectivity index (χ2n) is 2.45. The Morgan fingerprint density at radius 1 is 1.25 bits per heavy atom. The molecular weight excluding hydrogens is 194 g/mol. The van der Waals surface area contributed by atoms with Gasteiger partial charge in [0.15, 0.2) is 0 Å². The zero-order chi connectivity index (χ0) is 8.55. The van der Waals surface area contributed by atoms with Crippen LogP contribution in [0.15, 0.2) is 30.5 Å². The average Bonchev–Trinajstić information content (AvgIpc) is 2.12. The Hall–Kier alpha value is -1.05. The number of rotatable bonds is 0. The molecule has 1 N–H and O–H groups in total. The van der Waals surface area contributed by atoms with Crippen LogP contribution in [-0.2, 0) is 16.0 Å². The molecule has 0 aliphatic heterocycles. The van der Waals surface area contributed by atoms with Crippen LogP contribution in [0.2, 0.25) is 0 Å². The van der Waals surface area contributed by atoms with Gasteiger partial charge in [-0.3, -0.25) is 0 Å². The number of pyridine rings is 1. The molecule has 0 bridgehead atoms. The quantitative estimate of drug-likeness (QED) is 0.646. The molecule has 3 heteroatoms. The van der Waals surface area contributed by atoms with Gasteiger partial charge in [0.1, 0.15) is 0 Å². The van der Waals surface area contributed by atoms with Crippen molar-refractivity contribution >= 4 is 15.4 Å². The van der Waals surface area contributed by atoms with Crippen molar-refractivity contribution in [1.82, 2.24) is 4.98 Å². The van der Waals surface area contributed by atoms with Crippen molar-refractivity contribution in [2.75, 3.05) is 0 Å². The normalized spacial score (nSPS) is 10.4. The Morgan fingerprint density at radius 2 is 2.08 bits per heavy atom. The summed E-state index contributed by atoms with van der Waals surface area (Å²) in [7, 11) is 0. The topological polar surface area (TPSA) is 33.1 Å². The van der Waals surface area contributed by atoms with Gasteiger partial charge in [-0.05, 0) is 0 Å². The monoisotopic (exact) mass is 200 g/mol. The molecule has 0 radical (unpaired) electrons. The summed E-state index contributed by atoms with van der Waals surface area (Å²) >= 11 is 3.84. The number of fused-ring (bicyclic) bond motifs is 1. The molecule has 2 rings (SSSR count). The first-order valence-corrected chi connectivity index (χ1v) is 4.05. The van der Waals surface area contributed by atoms with Gasteiger partial charge in [0, 0.05) is 0 Å². The summed E-state index contributed by atoms with van der Waals surface area (Å²) < 4.78 is 0.885. The summed E-state index contributed by atoms with van der Waals surface area (Å²) in [5.41, 5.74) is 0.616. The fourth-order valence-corrected chi connectivity index (χ4v) is 1.43. The van der Waals surface area contributed by atoms with Crippen LogP contribution in [0.4, 0.5) is 0 Å². The Labute approximate surface area is 78.1 Å². The molecule has 61 valence electrons. The van der Waals surface area contributed by atoms with Crippen LogP contribution < -0.4 is 4.46 Å². The first-order valence-electron chi connectivity index (χ1n) is 3.50. The van der Waals surface area contributed by atoms with Gasteiger partial charge in [0.2, 0.25) is 0 Å². The molecule has 0 amide bonds. The minimum atomic E-state index is 0.206. The third-order valence-electron chi connectivity index (χ3n) is 1.68.